The Morgan fingerprint density at radius 1 is 1.09 bits per heavy atom. The highest BCUT2D eigenvalue weighted by Crippen LogP contribution is 2.47. The van der Waals surface area contributed by atoms with Gasteiger partial charge in [0, 0.05) is 11.6 Å². The van der Waals surface area contributed by atoms with Crippen molar-refractivity contribution < 1.29 is 14.3 Å². The van der Waals surface area contributed by atoms with Gasteiger partial charge in [0.25, 0.3) is 0 Å². The van der Waals surface area contributed by atoms with Gasteiger partial charge in [-0.25, -0.2) is 4.79 Å². The molecule has 2 aromatic carbocycles. The maximum absolute atomic E-state index is 12.3. The fourth-order valence-electron chi connectivity index (χ4n) is 2.63. The molecule has 112 valence electrons. The van der Waals surface area contributed by atoms with Crippen molar-refractivity contribution in [3.63, 3.8) is 0 Å². The summed E-state index contributed by atoms with van der Waals surface area (Å²) >= 11 is 0. The molecule has 1 amide bonds. The van der Waals surface area contributed by atoms with Gasteiger partial charge in [0.15, 0.2) is 0 Å². The molecule has 2 aromatic rings. The highest BCUT2D eigenvalue weighted by molar-refractivity contribution is 5.97. The highest BCUT2D eigenvalue weighted by atomic mass is 16.5. The highest BCUT2D eigenvalue weighted by Gasteiger charge is 2.43. The van der Waals surface area contributed by atoms with Crippen LogP contribution in [0.4, 0.5) is 5.69 Å². The third-order valence-electron chi connectivity index (χ3n) is 3.91. The molecule has 0 aliphatic heterocycles. The summed E-state index contributed by atoms with van der Waals surface area (Å²) < 4.78 is 4.68. The van der Waals surface area contributed by atoms with Crippen LogP contribution in [-0.4, -0.2) is 19.0 Å². The normalized spacial score (nSPS) is 19.3. The lowest BCUT2D eigenvalue weighted by Crippen LogP contribution is -2.15. The monoisotopic (exact) mass is 295 g/mol. The largest absolute Gasteiger partial charge is 0.465 e. The van der Waals surface area contributed by atoms with E-state index in [0.717, 1.165) is 6.42 Å². The maximum Gasteiger partial charge on any atom is 0.337 e. The molecule has 4 nitrogen and oxygen atoms in total. The number of hydrogen-bond donors (Lipinski definition) is 1. The maximum atomic E-state index is 12.3. The van der Waals surface area contributed by atoms with Crippen molar-refractivity contribution in [2.24, 2.45) is 5.92 Å². The van der Waals surface area contributed by atoms with Crippen LogP contribution >= 0.6 is 0 Å². The Morgan fingerprint density at radius 2 is 1.86 bits per heavy atom. The van der Waals surface area contributed by atoms with Crippen LogP contribution in [0, 0.1) is 5.92 Å². The van der Waals surface area contributed by atoms with E-state index < -0.39 is 5.97 Å². The fraction of sp³-hybridized carbons (Fsp3) is 0.222. The Labute approximate surface area is 129 Å². The number of nitrogens with one attached hydrogen (secondary N) is 1. The average molecular weight is 295 g/mol. The van der Waals surface area contributed by atoms with Crippen LogP contribution in [0.1, 0.15) is 28.3 Å². The lowest BCUT2D eigenvalue weighted by atomic mass is 10.1. The topological polar surface area (TPSA) is 55.4 Å². The number of benzene rings is 2. The average Bonchev–Trinajstić information content (AvgIpc) is 3.36. The van der Waals surface area contributed by atoms with Gasteiger partial charge in [-0.3, -0.25) is 4.79 Å². The molecule has 3 rings (SSSR count). The molecule has 1 N–H and O–H groups in total. The minimum absolute atomic E-state index is 0.00383. The second kappa shape index (κ2) is 6.02. The van der Waals surface area contributed by atoms with E-state index in [4.69, 9.17) is 0 Å². The van der Waals surface area contributed by atoms with E-state index >= 15 is 0 Å². The molecule has 2 unspecified atom stereocenters. The molecule has 4 heteroatoms. The van der Waals surface area contributed by atoms with E-state index in [1.807, 2.05) is 18.2 Å². The first-order valence-electron chi connectivity index (χ1n) is 7.23. The Bertz CT molecular complexity index is 696. The van der Waals surface area contributed by atoms with Gasteiger partial charge in [-0.1, -0.05) is 36.4 Å². The standard InChI is InChI=1S/C18H17NO3/c1-22-18(21)13-8-5-9-14(10-13)19-17(20)16-11-15(16)12-6-3-2-4-7-12/h2-10,15-16H,11H2,1H3,(H,19,20). The number of carbonyl (C=O) groups excluding carboxylic acids is 2. The molecule has 0 heterocycles. The molecular weight excluding hydrogens is 278 g/mol. The van der Waals surface area contributed by atoms with Crippen molar-refractivity contribution in [3.8, 4) is 0 Å². The van der Waals surface area contributed by atoms with E-state index in [-0.39, 0.29) is 11.8 Å². The van der Waals surface area contributed by atoms with Gasteiger partial charge in [0.2, 0.25) is 5.91 Å². The van der Waals surface area contributed by atoms with Crippen LogP contribution in [0.5, 0.6) is 0 Å². The summed E-state index contributed by atoms with van der Waals surface area (Å²) in [6, 6.07) is 16.8. The SMILES string of the molecule is COC(=O)c1cccc(NC(=O)C2CC2c2ccccc2)c1. The predicted molar refractivity (Wildman–Crippen MR) is 83.7 cm³/mol. The Hall–Kier alpha value is -2.62. The van der Waals surface area contributed by atoms with E-state index in [0.29, 0.717) is 17.2 Å². The van der Waals surface area contributed by atoms with Crippen molar-refractivity contribution in [2.75, 3.05) is 12.4 Å². The minimum Gasteiger partial charge on any atom is -0.465 e. The summed E-state index contributed by atoms with van der Waals surface area (Å²) in [5, 5.41) is 2.88. The summed E-state index contributed by atoms with van der Waals surface area (Å²) in [6.45, 7) is 0. The zero-order valence-corrected chi connectivity index (χ0v) is 12.3. The van der Waals surface area contributed by atoms with Crippen molar-refractivity contribution in [2.45, 2.75) is 12.3 Å². The minimum atomic E-state index is -0.412. The van der Waals surface area contributed by atoms with Gasteiger partial charge in [-0.15, -0.1) is 0 Å². The summed E-state index contributed by atoms with van der Waals surface area (Å²) in [7, 11) is 1.34. The number of amides is 1. The molecule has 1 aliphatic carbocycles. The summed E-state index contributed by atoms with van der Waals surface area (Å²) in [4.78, 5) is 23.8. The zero-order valence-electron chi connectivity index (χ0n) is 12.3. The van der Waals surface area contributed by atoms with Crippen molar-refractivity contribution in [1.82, 2.24) is 0 Å². The zero-order chi connectivity index (χ0) is 15.5. The second-order valence-electron chi connectivity index (χ2n) is 5.42. The molecule has 22 heavy (non-hydrogen) atoms. The molecule has 2 atom stereocenters. The molecule has 1 fully saturated rings. The molecule has 0 spiro atoms. The first kappa shape index (κ1) is 14.3. The summed E-state index contributed by atoms with van der Waals surface area (Å²) in [5.41, 5.74) is 2.24. The van der Waals surface area contributed by atoms with Gasteiger partial charge in [-0.2, -0.15) is 0 Å². The van der Waals surface area contributed by atoms with Crippen LogP contribution < -0.4 is 5.32 Å². The number of anilines is 1. The quantitative estimate of drug-likeness (QED) is 0.881. The van der Waals surface area contributed by atoms with E-state index in [1.165, 1.54) is 12.7 Å². The predicted octanol–water partition coefficient (Wildman–Crippen LogP) is 3.22. The van der Waals surface area contributed by atoms with E-state index in [1.54, 1.807) is 24.3 Å². The number of esters is 1. The van der Waals surface area contributed by atoms with Gasteiger partial charge in [0.05, 0.1) is 12.7 Å². The molecular formula is C18H17NO3. The summed E-state index contributed by atoms with van der Waals surface area (Å²) in [6.07, 6.45) is 0.868. The second-order valence-corrected chi connectivity index (χ2v) is 5.42. The Kier molecular flexibility index (Phi) is 3.92. The number of carbonyl (C=O) groups is 2. The third-order valence-corrected chi connectivity index (χ3v) is 3.91. The van der Waals surface area contributed by atoms with Crippen LogP contribution in [-0.2, 0) is 9.53 Å². The van der Waals surface area contributed by atoms with Gasteiger partial charge >= 0.3 is 5.97 Å². The number of hydrogen-bond acceptors (Lipinski definition) is 3. The number of methoxy groups -OCH3 is 1. The Morgan fingerprint density at radius 3 is 2.59 bits per heavy atom. The fourth-order valence-corrected chi connectivity index (χ4v) is 2.63. The van der Waals surface area contributed by atoms with Gasteiger partial charge < -0.3 is 10.1 Å². The molecule has 0 bridgehead atoms. The lowest BCUT2D eigenvalue weighted by Gasteiger charge is -2.07. The molecule has 0 radical (unpaired) electrons. The Balaban J connectivity index is 1.65. The number of ether oxygens (including phenoxy) is 1. The molecule has 0 aromatic heterocycles. The van der Waals surface area contributed by atoms with Crippen LogP contribution in [0.15, 0.2) is 54.6 Å². The molecule has 1 saturated carbocycles. The van der Waals surface area contributed by atoms with E-state index in [9.17, 15) is 9.59 Å². The lowest BCUT2D eigenvalue weighted by molar-refractivity contribution is -0.117. The molecule has 1 aliphatic rings. The van der Waals surface area contributed by atoms with E-state index in [2.05, 4.69) is 22.2 Å². The number of rotatable bonds is 4. The summed E-state index contributed by atoms with van der Waals surface area (Å²) in [5.74, 6) is -0.116. The smallest absolute Gasteiger partial charge is 0.337 e. The third kappa shape index (κ3) is 3.01. The van der Waals surface area contributed by atoms with Crippen molar-refractivity contribution in [1.29, 1.82) is 0 Å². The first-order chi connectivity index (χ1) is 10.7. The van der Waals surface area contributed by atoms with Crippen molar-refractivity contribution >= 4 is 17.6 Å². The first-order valence-corrected chi connectivity index (χ1v) is 7.23. The van der Waals surface area contributed by atoms with Gasteiger partial charge in [0.1, 0.15) is 0 Å². The van der Waals surface area contributed by atoms with Crippen LogP contribution in [0.2, 0.25) is 0 Å². The van der Waals surface area contributed by atoms with Crippen molar-refractivity contribution in [3.05, 3.63) is 65.7 Å². The van der Waals surface area contributed by atoms with Crippen LogP contribution in [0.25, 0.3) is 0 Å². The van der Waals surface area contributed by atoms with Gasteiger partial charge in [-0.05, 0) is 36.1 Å². The van der Waals surface area contributed by atoms with Crippen LogP contribution in [0.3, 0.4) is 0 Å². The molecule has 0 saturated heterocycles.